The molecule has 3 nitrogen and oxygen atoms in total. The number of nitrogens with two attached hydrogens (primary N) is 1. The molecule has 0 radical (unpaired) electrons. The highest BCUT2D eigenvalue weighted by molar-refractivity contribution is 5.85. The molecule has 0 spiro atoms. The molecule has 2 rings (SSSR count). The van der Waals surface area contributed by atoms with E-state index in [1.54, 1.807) is 13.1 Å². The Labute approximate surface area is 114 Å². The number of benzene rings is 1. The second-order valence-corrected chi connectivity index (χ2v) is 4.00. The molecular weight excluding hydrogens is 279 g/mol. The molecule has 1 aromatic heterocycles. The van der Waals surface area contributed by atoms with Gasteiger partial charge >= 0.3 is 0 Å². The summed E-state index contributed by atoms with van der Waals surface area (Å²) in [4.78, 5) is 4.05. The van der Waals surface area contributed by atoms with Crippen LogP contribution in [0, 0.1) is 5.82 Å². The Morgan fingerprint density at radius 1 is 1.32 bits per heavy atom. The van der Waals surface area contributed by atoms with Crippen molar-refractivity contribution in [3.05, 3.63) is 47.8 Å². The largest absolute Gasteiger partial charge is 0.323 e. The van der Waals surface area contributed by atoms with Crippen LogP contribution in [0.3, 0.4) is 0 Å². The smallest absolute Gasteiger partial charge is 0.266 e. The topological polar surface area (TPSA) is 43.8 Å². The van der Waals surface area contributed by atoms with Crippen molar-refractivity contribution < 1.29 is 13.2 Å². The summed E-state index contributed by atoms with van der Waals surface area (Å²) < 4.78 is 39.7. The summed E-state index contributed by atoms with van der Waals surface area (Å²) in [5.41, 5.74) is 6.12. The zero-order chi connectivity index (χ0) is 13.3. The van der Waals surface area contributed by atoms with Crippen LogP contribution < -0.4 is 5.73 Å². The molecule has 2 aromatic rings. The highest BCUT2D eigenvalue weighted by Crippen LogP contribution is 2.24. The van der Waals surface area contributed by atoms with Crippen molar-refractivity contribution in [1.29, 1.82) is 0 Å². The Kier molecular flexibility index (Phi) is 4.97. The number of imidazole rings is 1. The van der Waals surface area contributed by atoms with Gasteiger partial charge < -0.3 is 10.3 Å². The van der Waals surface area contributed by atoms with Gasteiger partial charge in [0, 0.05) is 17.9 Å². The first-order valence-electron chi connectivity index (χ1n) is 5.36. The molecule has 0 amide bonds. The predicted octanol–water partition coefficient (Wildman–Crippen LogP) is 3.39. The lowest BCUT2D eigenvalue weighted by atomic mass is 10.2. The molecule has 7 heteroatoms. The van der Waals surface area contributed by atoms with Gasteiger partial charge in [0.1, 0.15) is 5.82 Å². The second kappa shape index (κ2) is 6.08. The molecule has 0 saturated carbocycles. The lowest BCUT2D eigenvalue weighted by Crippen LogP contribution is -2.04. The molecule has 0 aliphatic rings. The van der Waals surface area contributed by atoms with Crippen molar-refractivity contribution in [2.45, 2.75) is 19.4 Å². The van der Waals surface area contributed by atoms with Crippen molar-refractivity contribution >= 4 is 12.4 Å². The fourth-order valence-electron chi connectivity index (χ4n) is 1.57. The predicted molar refractivity (Wildman–Crippen MR) is 68.3 cm³/mol. The van der Waals surface area contributed by atoms with Gasteiger partial charge in [-0.2, -0.15) is 0 Å². The fourth-order valence-corrected chi connectivity index (χ4v) is 1.57. The van der Waals surface area contributed by atoms with Crippen LogP contribution in [0.2, 0.25) is 0 Å². The van der Waals surface area contributed by atoms with E-state index in [-0.39, 0.29) is 18.4 Å². The molecule has 19 heavy (non-hydrogen) atoms. The molecule has 0 aliphatic heterocycles. The third-order valence-corrected chi connectivity index (χ3v) is 2.59. The Morgan fingerprint density at radius 3 is 2.47 bits per heavy atom. The maximum atomic E-state index is 13.4. The van der Waals surface area contributed by atoms with Gasteiger partial charge in [0.05, 0.1) is 17.6 Å². The fraction of sp³-hybridized carbons (Fsp3) is 0.250. The van der Waals surface area contributed by atoms with Crippen LogP contribution in [0.4, 0.5) is 13.2 Å². The highest BCUT2D eigenvalue weighted by Gasteiger charge is 2.14. The summed E-state index contributed by atoms with van der Waals surface area (Å²) in [6.07, 6.45) is 0.290. The van der Waals surface area contributed by atoms with Gasteiger partial charge in [-0.15, -0.1) is 12.4 Å². The van der Waals surface area contributed by atoms with Crippen molar-refractivity contribution in [3.8, 4) is 5.69 Å². The van der Waals surface area contributed by atoms with Crippen LogP contribution in [0.25, 0.3) is 5.69 Å². The standard InChI is InChI=1S/C12H12F3N3.ClH/c1-7(16)11-5-18(6-17-11)8-2-3-9(12(14)15)10(13)4-8;/h2-7,12H,16H2,1H3;1H/t7-;/m0./s1. The van der Waals surface area contributed by atoms with E-state index >= 15 is 0 Å². The average Bonchev–Trinajstić information content (AvgIpc) is 2.77. The van der Waals surface area contributed by atoms with E-state index in [4.69, 9.17) is 5.73 Å². The number of hydrogen-bond donors (Lipinski definition) is 1. The number of rotatable bonds is 3. The van der Waals surface area contributed by atoms with Gasteiger partial charge in [-0.05, 0) is 25.1 Å². The Hall–Kier alpha value is -1.53. The molecule has 0 aliphatic carbocycles. The van der Waals surface area contributed by atoms with Gasteiger partial charge in [0.2, 0.25) is 0 Å². The van der Waals surface area contributed by atoms with Crippen LogP contribution >= 0.6 is 12.4 Å². The Balaban J connectivity index is 0.00000180. The van der Waals surface area contributed by atoms with E-state index in [1.807, 2.05) is 0 Å². The molecule has 1 aromatic carbocycles. The van der Waals surface area contributed by atoms with Crippen LogP contribution in [0.5, 0.6) is 0 Å². The zero-order valence-electron chi connectivity index (χ0n) is 10.1. The molecule has 1 atom stereocenters. The van der Waals surface area contributed by atoms with E-state index in [1.165, 1.54) is 17.0 Å². The van der Waals surface area contributed by atoms with Gasteiger partial charge in [-0.3, -0.25) is 0 Å². The summed E-state index contributed by atoms with van der Waals surface area (Å²) in [6, 6.07) is 3.29. The van der Waals surface area contributed by atoms with Crippen molar-refractivity contribution in [2.75, 3.05) is 0 Å². The summed E-state index contributed by atoms with van der Waals surface area (Å²) in [6.45, 7) is 1.77. The molecule has 0 bridgehead atoms. The summed E-state index contributed by atoms with van der Waals surface area (Å²) in [5, 5.41) is 0. The first-order valence-corrected chi connectivity index (χ1v) is 5.36. The molecule has 0 saturated heterocycles. The summed E-state index contributed by atoms with van der Waals surface area (Å²) in [5.74, 6) is -0.932. The molecule has 0 unspecified atom stereocenters. The van der Waals surface area contributed by atoms with Gasteiger partial charge in [0.25, 0.3) is 6.43 Å². The van der Waals surface area contributed by atoms with E-state index in [2.05, 4.69) is 4.98 Å². The first-order chi connectivity index (χ1) is 8.49. The van der Waals surface area contributed by atoms with Crippen LogP contribution in [0.1, 0.15) is 30.6 Å². The third kappa shape index (κ3) is 3.27. The molecule has 104 valence electrons. The Bertz CT molecular complexity index is 555. The number of nitrogens with zero attached hydrogens (tertiary/aromatic N) is 2. The lowest BCUT2D eigenvalue weighted by molar-refractivity contribution is 0.146. The van der Waals surface area contributed by atoms with Crippen molar-refractivity contribution in [2.24, 2.45) is 5.73 Å². The lowest BCUT2D eigenvalue weighted by Gasteiger charge is -2.06. The van der Waals surface area contributed by atoms with Gasteiger partial charge in [0.15, 0.2) is 0 Å². The van der Waals surface area contributed by atoms with E-state index in [0.717, 1.165) is 12.1 Å². The molecular formula is C12H13ClF3N3. The van der Waals surface area contributed by atoms with Crippen LogP contribution in [-0.4, -0.2) is 9.55 Å². The third-order valence-electron chi connectivity index (χ3n) is 2.59. The molecule has 2 N–H and O–H groups in total. The second-order valence-electron chi connectivity index (χ2n) is 4.00. The minimum atomic E-state index is -2.82. The van der Waals surface area contributed by atoms with Crippen LogP contribution in [-0.2, 0) is 0 Å². The Morgan fingerprint density at radius 2 is 2.00 bits per heavy atom. The van der Waals surface area contributed by atoms with E-state index < -0.39 is 17.8 Å². The average molecular weight is 292 g/mol. The summed E-state index contributed by atoms with van der Waals surface area (Å²) >= 11 is 0. The maximum Gasteiger partial charge on any atom is 0.266 e. The van der Waals surface area contributed by atoms with Crippen LogP contribution in [0.15, 0.2) is 30.7 Å². The quantitative estimate of drug-likeness (QED) is 0.942. The number of alkyl halides is 2. The zero-order valence-corrected chi connectivity index (χ0v) is 10.9. The normalized spacial score (nSPS) is 12.3. The minimum Gasteiger partial charge on any atom is -0.323 e. The minimum absolute atomic E-state index is 0. The van der Waals surface area contributed by atoms with E-state index in [0.29, 0.717) is 11.4 Å². The molecule has 1 heterocycles. The highest BCUT2D eigenvalue weighted by atomic mass is 35.5. The number of hydrogen-bond acceptors (Lipinski definition) is 2. The summed E-state index contributed by atoms with van der Waals surface area (Å²) in [7, 11) is 0. The van der Waals surface area contributed by atoms with E-state index in [9.17, 15) is 13.2 Å². The van der Waals surface area contributed by atoms with Crippen molar-refractivity contribution in [3.63, 3.8) is 0 Å². The van der Waals surface area contributed by atoms with Crippen molar-refractivity contribution in [1.82, 2.24) is 9.55 Å². The maximum absolute atomic E-state index is 13.4. The number of halogens is 4. The number of aromatic nitrogens is 2. The SMILES string of the molecule is C[C@H](N)c1cn(-c2ccc(C(F)F)c(F)c2)cn1.Cl. The first kappa shape index (κ1) is 15.5. The molecule has 0 fully saturated rings. The van der Waals surface area contributed by atoms with Gasteiger partial charge in [-0.25, -0.2) is 18.2 Å². The van der Waals surface area contributed by atoms with Gasteiger partial charge in [-0.1, -0.05) is 0 Å². The monoisotopic (exact) mass is 291 g/mol.